The molecule has 2 fully saturated rings. The number of amides is 3. The number of nitrogens with zero attached hydrogens (tertiary/aromatic N) is 3. The van der Waals surface area contributed by atoms with Gasteiger partial charge in [0, 0.05) is 61.1 Å². The second kappa shape index (κ2) is 14.9. The molecule has 1 aliphatic carbocycles. The van der Waals surface area contributed by atoms with Crippen LogP contribution in [0.5, 0.6) is 0 Å². The summed E-state index contributed by atoms with van der Waals surface area (Å²) in [7, 11) is 1.31. The number of carbonyl (C=O) groups is 3. The number of benzene rings is 2. The zero-order valence-corrected chi connectivity index (χ0v) is 29.4. The minimum absolute atomic E-state index is 0.0262. The second-order valence-corrected chi connectivity index (χ2v) is 14.4. The molecule has 0 radical (unpaired) electrons. The van der Waals surface area contributed by atoms with E-state index >= 15 is 0 Å². The Hall–Kier alpha value is -4.53. The minimum atomic E-state index is -0.640. The first kappa shape index (κ1) is 34.3. The summed E-state index contributed by atoms with van der Waals surface area (Å²) in [6.45, 7) is 8.53. The number of methoxy groups -OCH3 is 1. The van der Waals surface area contributed by atoms with Gasteiger partial charge >= 0.3 is 6.09 Å². The number of alkyl carbamates (subject to hydrolysis) is 1. The van der Waals surface area contributed by atoms with Gasteiger partial charge in [-0.2, -0.15) is 0 Å². The average Bonchev–Trinajstić information content (AvgIpc) is 3.93. The summed E-state index contributed by atoms with van der Waals surface area (Å²) in [6.07, 6.45) is 9.64. The quantitative estimate of drug-likeness (QED) is 0.284. The highest BCUT2D eigenvalue weighted by Crippen LogP contribution is 2.38. The van der Waals surface area contributed by atoms with Gasteiger partial charge in [0.25, 0.3) is 0 Å². The van der Waals surface area contributed by atoms with E-state index in [1.807, 2.05) is 45.0 Å². The third-order valence-electron chi connectivity index (χ3n) is 10.4. The molecule has 2 aromatic carbocycles. The molecule has 3 aliphatic heterocycles. The van der Waals surface area contributed by atoms with Gasteiger partial charge in [0.1, 0.15) is 6.04 Å². The van der Waals surface area contributed by atoms with E-state index in [4.69, 9.17) is 14.7 Å². The number of carbonyl (C=O) groups excluding carboxylic acids is 3. The SMILES string of the molecule is COC(=O)N[C@H](C(=O)N1CCC[C@H]1C1=NC=C(c2ccc(-c3ccc(C4=CN=C(C5CCC[C@H]5C(=O)NC(C)C)C4)cc3)cc2)C1)C(C)C. The summed E-state index contributed by atoms with van der Waals surface area (Å²) in [5, 5.41) is 5.83. The number of ether oxygens (including phenoxy) is 1. The van der Waals surface area contributed by atoms with Crippen molar-refractivity contribution < 1.29 is 19.1 Å². The molecule has 4 atom stereocenters. The largest absolute Gasteiger partial charge is 0.453 e. The van der Waals surface area contributed by atoms with Gasteiger partial charge < -0.3 is 20.3 Å². The van der Waals surface area contributed by atoms with Gasteiger partial charge in [-0.05, 0) is 78.8 Å². The van der Waals surface area contributed by atoms with Crippen LogP contribution in [0.1, 0.15) is 83.8 Å². The van der Waals surface area contributed by atoms with E-state index in [2.05, 4.69) is 59.2 Å². The highest BCUT2D eigenvalue weighted by Gasteiger charge is 2.39. The van der Waals surface area contributed by atoms with Crippen molar-refractivity contribution in [2.45, 2.75) is 90.8 Å². The molecule has 0 aromatic heterocycles. The fraction of sp³-hybridized carbons (Fsp3) is 0.475. The monoisotopic (exact) mass is 663 g/mol. The smallest absolute Gasteiger partial charge is 0.407 e. The molecular weight excluding hydrogens is 614 g/mol. The molecule has 0 spiro atoms. The van der Waals surface area contributed by atoms with Gasteiger partial charge in [-0.1, -0.05) is 68.8 Å². The molecular formula is C40H49N5O4. The lowest BCUT2D eigenvalue weighted by Gasteiger charge is -2.31. The first-order valence-corrected chi connectivity index (χ1v) is 17.8. The molecule has 2 N–H and O–H groups in total. The van der Waals surface area contributed by atoms with E-state index in [0.717, 1.165) is 72.2 Å². The van der Waals surface area contributed by atoms with Crippen LogP contribution in [0.3, 0.4) is 0 Å². The Bertz CT molecular complexity index is 1690. The van der Waals surface area contributed by atoms with Crippen LogP contribution in [-0.2, 0) is 14.3 Å². The van der Waals surface area contributed by atoms with Crippen LogP contribution in [0.2, 0.25) is 0 Å². The molecule has 9 heteroatoms. The highest BCUT2D eigenvalue weighted by atomic mass is 16.5. The van der Waals surface area contributed by atoms with Crippen molar-refractivity contribution in [3.05, 3.63) is 72.1 Å². The molecule has 9 nitrogen and oxygen atoms in total. The summed E-state index contributed by atoms with van der Waals surface area (Å²) in [5.41, 5.74) is 9.06. The van der Waals surface area contributed by atoms with E-state index in [1.165, 1.54) is 18.2 Å². The van der Waals surface area contributed by atoms with Crippen LogP contribution in [-0.4, -0.2) is 66.0 Å². The predicted molar refractivity (Wildman–Crippen MR) is 195 cm³/mol. The lowest BCUT2D eigenvalue weighted by molar-refractivity contribution is -0.134. The van der Waals surface area contributed by atoms with Crippen LogP contribution >= 0.6 is 0 Å². The minimum Gasteiger partial charge on any atom is -0.453 e. The first-order valence-electron chi connectivity index (χ1n) is 17.8. The lowest BCUT2D eigenvalue weighted by Crippen LogP contribution is -2.53. The summed E-state index contributed by atoms with van der Waals surface area (Å²) < 4.78 is 4.76. The Kier molecular flexibility index (Phi) is 10.5. The maximum absolute atomic E-state index is 13.5. The molecule has 258 valence electrons. The van der Waals surface area contributed by atoms with E-state index in [1.54, 1.807) is 0 Å². The van der Waals surface area contributed by atoms with E-state index in [0.29, 0.717) is 13.0 Å². The van der Waals surface area contributed by atoms with Gasteiger partial charge in [0.2, 0.25) is 11.8 Å². The van der Waals surface area contributed by atoms with Crippen molar-refractivity contribution >= 4 is 40.5 Å². The number of aliphatic imine (C=N–C) groups is 2. The molecule has 1 saturated carbocycles. The van der Waals surface area contributed by atoms with E-state index in [9.17, 15) is 14.4 Å². The Morgan fingerprint density at radius 3 is 1.90 bits per heavy atom. The topological polar surface area (TPSA) is 112 Å². The molecule has 4 aliphatic rings. The Morgan fingerprint density at radius 1 is 0.755 bits per heavy atom. The van der Waals surface area contributed by atoms with Gasteiger partial charge in [0.15, 0.2) is 0 Å². The Labute approximate surface area is 290 Å². The van der Waals surface area contributed by atoms with Crippen LogP contribution < -0.4 is 10.6 Å². The lowest BCUT2D eigenvalue weighted by atomic mass is 9.87. The summed E-state index contributed by atoms with van der Waals surface area (Å²) >= 11 is 0. The van der Waals surface area contributed by atoms with Gasteiger partial charge in [-0.3, -0.25) is 19.6 Å². The number of likely N-dealkylation sites (tertiary alicyclic amines) is 1. The normalized spacial score (nSPS) is 22.5. The van der Waals surface area contributed by atoms with Crippen LogP contribution in [0.15, 0.2) is 70.9 Å². The standard InChI is InChI=1S/C40H49N5O4/c1-24(2)37(44-40(48)49-5)39(47)45-19-7-10-36(45)35-21-31(23-42-35)29-17-13-27(14-18-29)26-11-15-28(16-12-26)30-20-34(41-22-30)32-8-6-9-33(32)38(46)43-25(3)4/h11-18,22-25,32-33,36-37H,6-10,19-21H2,1-5H3,(H,43,46)(H,44,48)/t32?,33-,36+,37+/m1/s1. The Morgan fingerprint density at radius 2 is 1.33 bits per heavy atom. The van der Waals surface area contributed by atoms with Crippen molar-refractivity contribution in [2.75, 3.05) is 13.7 Å². The van der Waals surface area contributed by atoms with Gasteiger partial charge in [-0.25, -0.2) is 4.79 Å². The number of rotatable bonds is 10. The van der Waals surface area contributed by atoms with Crippen molar-refractivity contribution in [1.29, 1.82) is 0 Å². The third-order valence-corrected chi connectivity index (χ3v) is 10.4. The highest BCUT2D eigenvalue weighted by molar-refractivity contribution is 6.04. The summed E-state index contributed by atoms with van der Waals surface area (Å²) in [6, 6.07) is 16.7. The van der Waals surface area contributed by atoms with E-state index < -0.39 is 12.1 Å². The number of allylic oxidation sites excluding steroid dienone is 2. The molecule has 3 heterocycles. The molecule has 1 saturated heterocycles. The fourth-order valence-corrected chi connectivity index (χ4v) is 7.75. The second-order valence-electron chi connectivity index (χ2n) is 14.4. The maximum atomic E-state index is 13.5. The van der Waals surface area contributed by atoms with Crippen molar-refractivity contribution in [2.24, 2.45) is 27.7 Å². The van der Waals surface area contributed by atoms with E-state index in [-0.39, 0.29) is 41.7 Å². The van der Waals surface area contributed by atoms with Crippen molar-refractivity contribution in [1.82, 2.24) is 15.5 Å². The zero-order valence-electron chi connectivity index (χ0n) is 29.4. The predicted octanol–water partition coefficient (Wildman–Crippen LogP) is 7.04. The molecule has 0 bridgehead atoms. The van der Waals surface area contributed by atoms with Crippen molar-refractivity contribution in [3.63, 3.8) is 0 Å². The third kappa shape index (κ3) is 7.56. The molecule has 2 aromatic rings. The maximum Gasteiger partial charge on any atom is 0.407 e. The molecule has 1 unspecified atom stereocenters. The van der Waals surface area contributed by atoms with Crippen LogP contribution in [0.4, 0.5) is 4.79 Å². The number of nitrogens with one attached hydrogen (secondary N) is 2. The first-order chi connectivity index (χ1) is 23.6. The summed E-state index contributed by atoms with van der Waals surface area (Å²) in [4.78, 5) is 49.7. The van der Waals surface area contributed by atoms with Crippen LogP contribution in [0.25, 0.3) is 22.3 Å². The fourth-order valence-electron chi connectivity index (χ4n) is 7.75. The van der Waals surface area contributed by atoms with Crippen molar-refractivity contribution in [3.8, 4) is 11.1 Å². The zero-order chi connectivity index (χ0) is 34.7. The number of hydrogen-bond donors (Lipinski definition) is 2. The van der Waals surface area contributed by atoms with Gasteiger partial charge in [-0.15, -0.1) is 0 Å². The molecule has 3 amide bonds. The average molecular weight is 664 g/mol. The molecule has 49 heavy (non-hydrogen) atoms. The Balaban J connectivity index is 1.04. The van der Waals surface area contributed by atoms with Gasteiger partial charge in [0.05, 0.1) is 13.2 Å². The van der Waals surface area contributed by atoms with Crippen LogP contribution in [0, 0.1) is 17.8 Å². The molecule has 6 rings (SSSR count). The summed E-state index contributed by atoms with van der Waals surface area (Å²) in [5.74, 6) is 0.274. The number of hydrogen-bond acceptors (Lipinski definition) is 6.